The van der Waals surface area contributed by atoms with Crippen molar-refractivity contribution in [3.8, 4) is 0 Å². The lowest BCUT2D eigenvalue weighted by Crippen LogP contribution is -2.41. The molecule has 0 fully saturated rings. The van der Waals surface area contributed by atoms with Crippen LogP contribution >= 0.6 is 0 Å². The van der Waals surface area contributed by atoms with E-state index in [-0.39, 0.29) is 0 Å². The fourth-order valence-electron chi connectivity index (χ4n) is 2.06. The second-order valence-corrected chi connectivity index (χ2v) is 5.24. The molecule has 1 unspecified atom stereocenters. The Kier molecular flexibility index (Phi) is 6.91. The summed E-state index contributed by atoms with van der Waals surface area (Å²) in [4.78, 5) is 6.80. The van der Waals surface area contributed by atoms with Gasteiger partial charge >= 0.3 is 0 Å². The average Bonchev–Trinajstić information content (AvgIpc) is 2.35. The van der Waals surface area contributed by atoms with E-state index in [0.717, 1.165) is 18.8 Å². The summed E-state index contributed by atoms with van der Waals surface area (Å²) in [7, 11) is 2.19. The van der Waals surface area contributed by atoms with Crippen molar-refractivity contribution in [3.05, 3.63) is 30.1 Å². The predicted octanol–water partition coefficient (Wildman–Crippen LogP) is 2.68. The van der Waals surface area contributed by atoms with Gasteiger partial charge in [0.25, 0.3) is 0 Å². The Morgan fingerprint density at radius 2 is 2.11 bits per heavy atom. The highest BCUT2D eigenvalue weighted by atomic mass is 15.2. The largest absolute Gasteiger partial charge is 0.313 e. The van der Waals surface area contributed by atoms with Crippen LogP contribution in [0, 0.1) is 0 Å². The Morgan fingerprint density at radius 3 is 2.67 bits per heavy atom. The monoisotopic (exact) mass is 249 g/mol. The van der Waals surface area contributed by atoms with E-state index in [4.69, 9.17) is 0 Å². The van der Waals surface area contributed by atoms with Crippen LogP contribution in [0.1, 0.15) is 39.3 Å². The first-order valence-corrected chi connectivity index (χ1v) is 6.97. The summed E-state index contributed by atoms with van der Waals surface area (Å²) in [5.74, 6) is 0. The lowest BCUT2D eigenvalue weighted by molar-refractivity contribution is 0.209. The maximum atomic E-state index is 4.39. The van der Waals surface area contributed by atoms with Gasteiger partial charge in [0.2, 0.25) is 0 Å². The van der Waals surface area contributed by atoms with Crippen molar-refractivity contribution in [1.82, 2.24) is 15.2 Å². The van der Waals surface area contributed by atoms with E-state index in [1.165, 1.54) is 12.8 Å². The van der Waals surface area contributed by atoms with Gasteiger partial charge in [0.15, 0.2) is 0 Å². The van der Waals surface area contributed by atoms with Crippen molar-refractivity contribution in [2.24, 2.45) is 0 Å². The summed E-state index contributed by atoms with van der Waals surface area (Å²) in [6.07, 6.45) is 4.31. The number of pyridine rings is 1. The Balaban J connectivity index is 2.50. The van der Waals surface area contributed by atoms with Crippen molar-refractivity contribution in [2.75, 3.05) is 13.6 Å². The molecule has 0 amide bonds. The Bertz CT molecular complexity index is 311. The first kappa shape index (κ1) is 15.1. The molecule has 0 aliphatic heterocycles. The van der Waals surface area contributed by atoms with Crippen molar-refractivity contribution in [3.63, 3.8) is 0 Å². The maximum Gasteiger partial charge on any atom is 0.0543 e. The molecule has 0 aliphatic rings. The molecule has 0 radical (unpaired) electrons. The summed E-state index contributed by atoms with van der Waals surface area (Å²) >= 11 is 0. The highest BCUT2D eigenvalue weighted by Gasteiger charge is 2.14. The molecule has 0 saturated carbocycles. The Hall–Kier alpha value is -0.930. The van der Waals surface area contributed by atoms with Crippen molar-refractivity contribution in [2.45, 2.75) is 52.2 Å². The molecule has 0 aromatic carbocycles. The van der Waals surface area contributed by atoms with Gasteiger partial charge in [0.1, 0.15) is 0 Å². The zero-order chi connectivity index (χ0) is 13.4. The number of nitrogens with zero attached hydrogens (tertiary/aromatic N) is 2. The van der Waals surface area contributed by atoms with Gasteiger partial charge in [0.05, 0.1) is 5.69 Å². The van der Waals surface area contributed by atoms with Crippen molar-refractivity contribution in [1.29, 1.82) is 0 Å². The van der Waals surface area contributed by atoms with Crippen LogP contribution in [0.2, 0.25) is 0 Å². The van der Waals surface area contributed by atoms with Gasteiger partial charge < -0.3 is 5.32 Å². The summed E-state index contributed by atoms with van der Waals surface area (Å²) in [6.45, 7) is 8.61. The molecule has 1 aromatic heterocycles. The molecule has 102 valence electrons. The molecule has 18 heavy (non-hydrogen) atoms. The standard InChI is InChI=1S/C15H27N3/c1-5-8-15(11-17-13(2)3)18(4)12-14-9-6-7-10-16-14/h6-7,9-10,13,15,17H,5,8,11-12H2,1-4H3. The molecule has 1 N–H and O–H groups in total. The predicted molar refractivity (Wildman–Crippen MR) is 77.5 cm³/mol. The summed E-state index contributed by atoms with van der Waals surface area (Å²) in [5.41, 5.74) is 1.14. The van der Waals surface area contributed by atoms with E-state index in [2.05, 4.69) is 55.2 Å². The molecule has 1 aromatic rings. The highest BCUT2D eigenvalue weighted by Crippen LogP contribution is 2.08. The van der Waals surface area contributed by atoms with E-state index >= 15 is 0 Å². The smallest absolute Gasteiger partial charge is 0.0543 e. The van der Waals surface area contributed by atoms with Gasteiger partial charge in [-0.2, -0.15) is 0 Å². The molecule has 1 atom stereocenters. The van der Waals surface area contributed by atoms with Crippen LogP contribution in [-0.4, -0.2) is 35.6 Å². The summed E-state index contributed by atoms with van der Waals surface area (Å²) < 4.78 is 0. The van der Waals surface area contributed by atoms with E-state index in [1.54, 1.807) is 0 Å². The normalized spacial score (nSPS) is 13.2. The fourth-order valence-corrected chi connectivity index (χ4v) is 2.06. The molecular weight excluding hydrogens is 222 g/mol. The molecule has 0 aliphatic carbocycles. The number of hydrogen-bond donors (Lipinski definition) is 1. The van der Waals surface area contributed by atoms with Gasteiger partial charge in [-0.05, 0) is 25.6 Å². The SMILES string of the molecule is CCCC(CNC(C)C)N(C)Cc1ccccn1. The molecule has 3 nitrogen and oxygen atoms in total. The first-order valence-electron chi connectivity index (χ1n) is 6.97. The molecule has 0 bridgehead atoms. The Morgan fingerprint density at radius 1 is 1.33 bits per heavy atom. The van der Waals surface area contributed by atoms with Gasteiger partial charge in [-0.1, -0.05) is 33.3 Å². The second-order valence-electron chi connectivity index (χ2n) is 5.24. The Labute approximate surface area is 112 Å². The van der Waals surface area contributed by atoms with Crippen LogP contribution in [0.3, 0.4) is 0 Å². The minimum absolute atomic E-state index is 0.549. The number of nitrogens with one attached hydrogen (secondary N) is 1. The third kappa shape index (κ3) is 5.61. The average molecular weight is 249 g/mol. The zero-order valence-corrected chi connectivity index (χ0v) is 12.2. The van der Waals surface area contributed by atoms with Crippen LogP contribution in [-0.2, 0) is 6.54 Å². The van der Waals surface area contributed by atoms with Crippen LogP contribution in [0.15, 0.2) is 24.4 Å². The van der Waals surface area contributed by atoms with E-state index in [0.29, 0.717) is 12.1 Å². The van der Waals surface area contributed by atoms with Crippen LogP contribution in [0.5, 0.6) is 0 Å². The van der Waals surface area contributed by atoms with Gasteiger partial charge in [-0.3, -0.25) is 9.88 Å². The third-order valence-corrected chi connectivity index (χ3v) is 3.14. The van der Waals surface area contributed by atoms with Crippen LogP contribution in [0.4, 0.5) is 0 Å². The van der Waals surface area contributed by atoms with Gasteiger partial charge in [-0.15, -0.1) is 0 Å². The number of rotatable bonds is 8. The molecule has 3 heteroatoms. The number of hydrogen-bond acceptors (Lipinski definition) is 3. The fraction of sp³-hybridized carbons (Fsp3) is 0.667. The topological polar surface area (TPSA) is 28.2 Å². The quantitative estimate of drug-likeness (QED) is 0.768. The maximum absolute atomic E-state index is 4.39. The van der Waals surface area contributed by atoms with E-state index < -0.39 is 0 Å². The van der Waals surface area contributed by atoms with E-state index in [1.807, 2.05) is 12.3 Å². The molecule has 0 saturated heterocycles. The van der Waals surface area contributed by atoms with Crippen molar-refractivity contribution < 1.29 is 0 Å². The molecule has 1 rings (SSSR count). The molecule has 1 heterocycles. The second kappa shape index (κ2) is 8.22. The van der Waals surface area contributed by atoms with Gasteiger partial charge in [0, 0.05) is 31.4 Å². The first-order chi connectivity index (χ1) is 8.63. The van der Waals surface area contributed by atoms with E-state index in [9.17, 15) is 0 Å². The molecular formula is C15H27N3. The van der Waals surface area contributed by atoms with Crippen molar-refractivity contribution >= 4 is 0 Å². The summed E-state index contributed by atoms with van der Waals surface area (Å²) in [6, 6.07) is 7.24. The minimum atomic E-state index is 0.549. The summed E-state index contributed by atoms with van der Waals surface area (Å²) in [5, 5.41) is 3.53. The van der Waals surface area contributed by atoms with Crippen LogP contribution < -0.4 is 5.32 Å². The lowest BCUT2D eigenvalue weighted by atomic mass is 10.1. The zero-order valence-electron chi connectivity index (χ0n) is 12.2. The molecule has 0 spiro atoms. The third-order valence-electron chi connectivity index (χ3n) is 3.14. The lowest BCUT2D eigenvalue weighted by Gasteiger charge is -2.28. The number of aromatic nitrogens is 1. The van der Waals surface area contributed by atoms with Gasteiger partial charge in [-0.25, -0.2) is 0 Å². The minimum Gasteiger partial charge on any atom is -0.313 e. The highest BCUT2D eigenvalue weighted by molar-refractivity contribution is 5.03. The van der Waals surface area contributed by atoms with Crippen LogP contribution in [0.25, 0.3) is 0 Å². The number of likely N-dealkylation sites (N-methyl/N-ethyl adjacent to an activating group) is 1.